The van der Waals surface area contributed by atoms with Crippen LogP contribution in [0.1, 0.15) is 22.3 Å². The Balaban J connectivity index is 1.16. The van der Waals surface area contributed by atoms with E-state index in [0.29, 0.717) is 0 Å². The molecule has 3 aliphatic rings. The third-order valence-corrected chi connectivity index (χ3v) is 29.4. The number of nitrogens with zero attached hydrogens (tertiary/aromatic N) is 1. The lowest BCUT2D eigenvalue weighted by Crippen LogP contribution is -2.57. The standard InChI is InChI=1S/C61H74B35NS/c62-8-4-12(29(69)34(74)17(8)21-36(76)45(85)50(90)46(86)37(21)77)97(58-54(94)40(80)23(41(81)55(58)95)22-38(78)47(87)51(91)48(88)39(22)79)57-52(92)30(70)14(31(71)53(57)93)5-1-9(63)28(68)59-13(5)19-18-20-25(43(83)49(89)56(96)60(20)98-59)61(24(18)42(82)44(84)35(19)75)6-2-10(64)26(66)32(72)15(6)16-7(61)3-11(65)27(67)33(16)73/h1-4H,62-96H2. The molecule has 1 spiro atoms. The first kappa shape index (κ1) is 71.0. The van der Waals surface area contributed by atoms with Gasteiger partial charge >= 0.3 is 0 Å². The van der Waals surface area contributed by atoms with Gasteiger partial charge in [-0.15, -0.1) is 49.2 Å². The van der Waals surface area contributed by atoms with Crippen LogP contribution in [0.3, 0.4) is 0 Å². The van der Waals surface area contributed by atoms with Gasteiger partial charge in [0.25, 0.3) is 0 Å². The van der Waals surface area contributed by atoms with Crippen molar-refractivity contribution in [3.63, 3.8) is 0 Å². The molecule has 0 saturated heterocycles. The Morgan fingerprint density at radius 3 is 0.939 bits per heavy atom. The summed E-state index contributed by atoms with van der Waals surface area (Å²) in [6.45, 7) is 0. The summed E-state index contributed by atoms with van der Waals surface area (Å²) >= 11 is 2.08. The fraction of sp³-hybridized carbons (Fsp3) is 0.0164. The summed E-state index contributed by atoms with van der Waals surface area (Å²) in [5.74, 6) is 0. The van der Waals surface area contributed by atoms with Gasteiger partial charge in [-0.3, -0.25) is 0 Å². The first-order valence-corrected chi connectivity index (χ1v) is 37.2. The zero-order valence-corrected chi connectivity index (χ0v) is 67.5. The molecule has 0 fully saturated rings. The molecule has 1 heterocycles. The van der Waals surface area contributed by atoms with Crippen molar-refractivity contribution < 1.29 is 0 Å². The molecule has 434 valence electrons. The van der Waals surface area contributed by atoms with Crippen molar-refractivity contribution in [3.8, 4) is 66.8 Å². The van der Waals surface area contributed by atoms with E-state index in [2.05, 4.69) is 316 Å². The first-order valence-electron chi connectivity index (χ1n) is 36.4. The van der Waals surface area contributed by atoms with Gasteiger partial charge in [0.2, 0.25) is 0 Å². The van der Waals surface area contributed by atoms with E-state index in [1.165, 1.54) is 307 Å². The van der Waals surface area contributed by atoms with Crippen molar-refractivity contribution in [3.05, 3.63) is 46.5 Å². The molecule has 0 aromatic heterocycles. The third kappa shape index (κ3) is 9.11. The van der Waals surface area contributed by atoms with Crippen LogP contribution in [0.15, 0.2) is 34.1 Å². The van der Waals surface area contributed by atoms with Crippen LogP contribution in [0.2, 0.25) is 0 Å². The van der Waals surface area contributed by atoms with E-state index >= 15 is 0 Å². The largest absolute Gasteiger partial charge is 0.313 e. The van der Waals surface area contributed by atoms with E-state index in [1.54, 1.807) is 0 Å². The number of hydrogen-bond acceptors (Lipinski definition) is 2. The molecule has 0 saturated carbocycles. The van der Waals surface area contributed by atoms with Gasteiger partial charge in [-0.2, -0.15) is 0 Å². The number of fused-ring (bicyclic) bond motifs is 9. The van der Waals surface area contributed by atoms with Gasteiger partial charge in [0.15, 0.2) is 0 Å². The van der Waals surface area contributed by atoms with Crippen LogP contribution in [0.25, 0.3) is 66.8 Å². The van der Waals surface area contributed by atoms with E-state index < -0.39 is 5.41 Å². The van der Waals surface area contributed by atoms with Crippen LogP contribution >= 0.6 is 11.8 Å². The third-order valence-electron chi connectivity index (χ3n) is 28.0. The molecule has 98 heavy (non-hydrogen) atoms. The van der Waals surface area contributed by atoms with Crippen molar-refractivity contribution in [2.24, 2.45) is 0 Å². The Bertz CT molecular complexity index is 5330. The predicted molar refractivity (Wildman–Crippen MR) is 550 cm³/mol. The summed E-state index contributed by atoms with van der Waals surface area (Å²) in [4.78, 5) is 5.60. The van der Waals surface area contributed by atoms with Crippen molar-refractivity contribution >= 4 is 495 Å². The molecule has 0 amide bonds. The van der Waals surface area contributed by atoms with Crippen LogP contribution in [0.5, 0.6) is 0 Å². The van der Waals surface area contributed by atoms with Crippen molar-refractivity contribution in [1.29, 1.82) is 0 Å². The molecule has 0 atom stereocenters. The molecule has 0 N–H and O–H groups in total. The molecule has 13 rings (SSSR count). The summed E-state index contributed by atoms with van der Waals surface area (Å²) in [7, 11) is 84.0. The van der Waals surface area contributed by atoms with Crippen LogP contribution in [0.4, 0.5) is 17.1 Å². The number of anilines is 3. The maximum atomic E-state index is 2.77. The first-order chi connectivity index (χ1) is 45.8. The summed E-state index contributed by atoms with van der Waals surface area (Å²) in [5.41, 5.74) is 74.3. The van der Waals surface area contributed by atoms with Crippen LogP contribution in [-0.4, -0.2) is 275 Å². The minimum Gasteiger partial charge on any atom is -0.313 e. The van der Waals surface area contributed by atoms with Crippen LogP contribution in [0, 0.1) is 0 Å². The molecule has 37 heteroatoms. The molecule has 1 nitrogen and oxygen atoms in total. The average Bonchev–Trinajstić information content (AvgIpc) is 1.47. The average molecular weight is 1230 g/mol. The molecule has 2 aliphatic carbocycles. The fourth-order valence-electron chi connectivity index (χ4n) is 19.7. The quantitative estimate of drug-likeness (QED) is 0.153. The zero-order valence-electron chi connectivity index (χ0n) is 66.7. The number of rotatable bonds is 6. The second-order valence-corrected chi connectivity index (χ2v) is 32.7. The molecule has 0 unspecified atom stereocenters. The molecule has 0 radical (unpaired) electrons. The number of hydrogen-bond donors (Lipinski definition) is 0. The molecule has 10 aromatic carbocycles. The molecular weight excluding hydrogens is 1160 g/mol. The lowest BCUT2D eigenvalue weighted by Gasteiger charge is -2.39. The predicted octanol–water partition coefficient (Wildman–Crippen LogP) is -44.3. The minimum atomic E-state index is -0.526. The van der Waals surface area contributed by atoms with Gasteiger partial charge < -0.3 is 4.90 Å². The Morgan fingerprint density at radius 1 is 0.204 bits per heavy atom. The SMILES string of the molecule is Bc1cc2c(c(B)c1B)-c1c(cc(B)c(B)c1B)C21c2c(B)c(B)c(B)c3c2-c2c(c(B)c(B)c(B)c21)-c1c(-c2c(B)c(B)c(N(c4cc(B)c(-c5c(B)c(B)c(B)c(B)c5B)c(B)c4B)c4c(B)c(B)c(-c5c(B)c(B)c(B)c(B)c5B)c(B)c4B)c(B)c2B)cc(B)c(B)c1S3. The molecule has 10 aromatic rings. The summed E-state index contributed by atoms with van der Waals surface area (Å²) < 4.78 is 0. The second-order valence-electron chi connectivity index (χ2n) is 31.7. The van der Waals surface area contributed by atoms with E-state index in [4.69, 9.17) is 0 Å². The Labute approximate surface area is 622 Å². The van der Waals surface area contributed by atoms with Crippen LogP contribution < -0.4 is 196 Å². The Hall–Kier alpha value is -5.38. The highest BCUT2D eigenvalue weighted by molar-refractivity contribution is 8.00. The van der Waals surface area contributed by atoms with E-state index in [0.717, 1.165) is 0 Å². The summed E-state index contributed by atoms with van der Waals surface area (Å²) in [5, 5.41) is 0. The fourth-order valence-corrected chi connectivity index (χ4v) is 21.2. The van der Waals surface area contributed by atoms with Crippen molar-refractivity contribution in [2.75, 3.05) is 4.90 Å². The molecule has 1 aliphatic heterocycles. The highest BCUT2D eigenvalue weighted by Crippen LogP contribution is 2.65. The minimum absolute atomic E-state index is 0.526. The highest BCUT2D eigenvalue weighted by atomic mass is 32.2. The lowest BCUT2D eigenvalue weighted by molar-refractivity contribution is 0.807. The summed E-state index contributed by atoms with van der Waals surface area (Å²) in [6.07, 6.45) is 0. The van der Waals surface area contributed by atoms with Gasteiger partial charge in [-0.05, 0) is 84.0 Å². The molecular formula is C61H74B35NS. The molecule has 0 bridgehead atoms. The normalized spacial score (nSPS) is 12.7. The van der Waals surface area contributed by atoms with Crippen molar-refractivity contribution in [1.82, 2.24) is 0 Å². The van der Waals surface area contributed by atoms with E-state index in [1.807, 2.05) is 0 Å². The maximum Gasteiger partial charge on any atom is 0.141 e. The van der Waals surface area contributed by atoms with Gasteiger partial charge in [-0.25, -0.2) is 0 Å². The van der Waals surface area contributed by atoms with Crippen molar-refractivity contribution in [2.45, 2.75) is 15.2 Å². The van der Waals surface area contributed by atoms with E-state index in [-0.39, 0.29) is 0 Å². The Morgan fingerprint density at radius 2 is 0.510 bits per heavy atom. The Kier molecular flexibility index (Phi) is 17.5. The van der Waals surface area contributed by atoms with Gasteiger partial charge in [0.05, 0.1) is 5.41 Å². The monoisotopic (exact) mass is 1240 g/mol. The van der Waals surface area contributed by atoms with E-state index in [9.17, 15) is 0 Å². The maximum absolute atomic E-state index is 2.77. The lowest BCUT2D eigenvalue weighted by atomic mass is 9.56. The second kappa shape index (κ2) is 24.1. The topological polar surface area (TPSA) is 3.24 Å². The van der Waals surface area contributed by atoms with Gasteiger partial charge in [0, 0.05) is 38.0 Å². The highest BCUT2D eigenvalue weighted by Gasteiger charge is 2.57. The van der Waals surface area contributed by atoms with Gasteiger partial charge in [0.1, 0.15) is 275 Å². The summed E-state index contributed by atoms with van der Waals surface area (Å²) in [6, 6.07) is 10.5. The zero-order chi connectivity index (χ0) is 71.9. The number of benzene rings is 10. The smallest absolute Gasteiger partial charge is 0.141 e. The van der Waals surface area contributed by atoms with Gasteiger partial charge in [-0.1, -0.05) is 172 Å². The van der Waals surface area contributed by atoms with Crippen LogP contribution in [-0.2, 0) is 5.41 Å².